The van der Waals surface area contributed by atoms with E-state index in [-0.39, 0.29) is 11.5 Å². The zero-order valence-corrected chi connectivity index (χ0v) is 24.5. The Balaban J connectivity index is 0.000000457. The van der Waals surface area contributed by atoms with Gasteiger partial charge in [0.25, 0.3) is 0 Å². The molecule has 4 N–H and O–H groups in total. The molecule has 9 heteroatoms. The Bertz CT molecular complexity index is 930. The highest BCUT2D eigenvalue weighted by atomic mass is 35.5. The Labute approximate surface area is 226 Å². The second-order valence-corrected chi connectivity index (χ2v) is 12.8. The molecule has 3 rings (SSSR count). The predicted octanol–water partition coefficient (Wildman–Crippen LogP) is 7.64. The van der Waals surface area contributed by atoms with Crippen LogP contribution in [0.4, 0.5) is 0 Å². The topological polar surface area (TPSA) is 101 Å². The SMILES string of the molecule is CC(C)(Cc1cccs1)C(=O)O.CC(C)(N)Cc1cccs1.CC(C)C(=O)O.ClCc1cccs1. The lowest BCUT2D eigenvalue weighted by Gasteiger charge is -2.17. The molecule has 0 amide bonds. The number of carbonyl (C=O) groups is 2. The van der Waals surface area contributed by atoms with Crippen LogP contribution in [0, 0.1) is 11.3 Å². The first-order valence-electron chi connectivity index (χ1n) is 11.1. The van der Waals surface area contributed by atoms with Gasteiger partial charge in [-0.25, -0.2) is 0 Å². The van der Waals surface area contributed by atoms with Crippen LogP contribution in [0.2, 0.25) is 0 Å². The minimum Gasteiger partial charge on any atom is -0.481 e. The van der Waals surface area contributed by atoms with E-state index in [2.05, 4.69) is 17.5 Å². The van der Waals surface area contributed by atoms with E-state index in [9.17, 15) is 9.59 Å². The monoisotopic (exact) mass is 559 g/mol. The van der Waals surface area contributed by atoms with Crippen LogP contribution >= 0.6 is 45.6 Å². The van der Waals surface area contributed by atoms with E-state index >= 15 is 0 Å². The van der Waals surface area contributed by atoms with Gasteiger partial charge >= 0.3 is 11.9 Å². The third-order valence-corrected chi connectivity index (χ3v) is 7.27. The van der Waals surface area contributed by atoms with E-state index in [1.807, 2.05) is 48.9 Å². The number of alkyl halides is 1. The number of thiophene rings is 3. The highest BCUT2D eigenvalue weighted by molar-refractivity contribution is 7.10. The summed E-state index contributed by atoms with van der Waals surface area (Å²) in [7, 11) is 0. The lowest BCUT2D eigenvalue weighted by atomic mass is 9.89. The number of nitrogens with two attached hydrogens (primary N) is 1. The minimum absolute atomic E-state index is 0.0646. The molecule has 3 aromatic rings. The Kier molecular flexibility index (Phi) is 16.0. The van der Waals surface area contributed by atoms with Crippen LogP contribution in [0.3, 0.4) is 0 Å². The van der Waals surface area contributed by atoms with Gasteiger partial charge in [-0.3, -0.25) is 9.59 Å². The van der Waals surface area contributed by atoms with Crippen molar-refractivity contribution in [1.82, 2.24) is 0 Å². The van der Waals surface area contributed by atoms with Gasteiger partial charge in [-0.2, -0.15) is 0 Å². The summed E-state index contributed by atoms with van der Waals surface area (Å²) in [6.45, 7) is 10.9. The molecule has 0 saturated heterocycles. The Morgan fingerprint density at radius 2 is 1.23 bits per heavy atom. The van der Waals surface area contributed by atoms with Gasteiger partial charge in [-0.05, 0) is 74.9 Å². The summed E-state index contributed by atoms with van der Waals surface area (Å²) >= 11 is 10.5. The van der Waals surface area contributed by atoms with Crippen molar-refractivity contribution in [2.24, 2.45) is 17.1 Å². The molecule has 0 bridgehead atoms. The van der Waals surface area contributed by atoms with Gasteiger partial charge in [0.15, 0.2) is 0 Å². The number of hydrogen-bond donors (Lipinski definition) is 3. The van der Waals surface area contributed by atoms with Crippen LogP contribution in [0.1, 0.15) is 56.2 Å². The van der Waals surface area contributed by atoms with E-state index in [1.54, 1.807) is 61.7 Å². The van der Waals surface area contributed by atoms with Gasteiger partial charge in [0, 0.05) is 20.2 Å². The largest absolute Gasteiger partial charge is 0.481 e. The van der Waals surface area contributed by atoms with Crippen LogP contribution in [0.5, 0.6) is 0 Å². The van der Waals surface area contributed by atoms with E-state index in [0.29, 0.717) is 12.3 Å². The first-order chi connectivity index (χ1) is 16.2. The van der Waals surface area contributed by atoms with Gasteiger partial charge in [0.2, 0.25) is 0 Å². The first-order valence-corrected chi connectivity index (χ1v) is 14.2. The maximum absolute atomic E-state index is 10.8. The van der Waals surface area contributed by atoms with E-state index in [0.717, 1.165) is 11.3 Å². The molecule has 196 valence electrons. The standard InChI is InChI=1S/C9H12O2S.C8H13NS.C5H5ClS.C4H8O2/c1-9(2,8(10)11)6-7-4-3-5-12-7;1-8(2,9)6-7-4-3-5-10-7;6-4-5-2-1-3-7-5;1-3(2)4(5)6/h3-5H,6H2,1-2H3,(H,10,11);3-5H,6,9H2,1-2H3;1-3H,4H2;3H,1-2H3,(H,5,6). The predicted molar refractivity (Wildman–Crippen MR) is 152 cm³/mol. The van der Waals surface area contributed by atoms with Gasteiger partial charge < -0.3 is 15.9 Å². The number of rotatable bonds is 7. The average Bonchev–Trinajstić information content (AvgIpc) is 3.52. The lowest BCUT2D eigenvalue weighted by Crippen LogP contribution is -2.33. The van der Waals surface area contributed by atoms with Crippen LogP contribution in [0.15, 0.2) is 52.5 Å². The number of carboxylic acid groups (broad SMARTS) is 2. The second kappa shape index (κ2) is 16.9. The van der Waals surface area contributed by atoms with Crippen molar-refractivity contribution in [1.29, 1.82) is 0 Å². The van der Waals surface area contributed by atoms with Gasteiger partial charge in [-0.1, -0.05) is 32.0 Å². The quantitative estimate of drug-likeness (QED) is 0.258. The van der Waals surface area contributed by atoms with E-state index in [4.69, 9.17) is 27.5 Å². The van der Waals surface area contributed by atoms with Crippen molar-refractivity contribution in [3.8, 4) is 0 Å². The molecule has 0 radical (unpaired) electrons. The molecule has 0 fully saturated rings. The van der Waals surface area contributed by atoms with Crippen molar-refractivity contribution in [3.63, 3.8) is 0 Å². The maximum Gasteiger partial charge on any atom is 0.309 e. The first kappa shape index (κ1) is 33.3. The third-order valence-electron chi connectivity index (χ3n) is 4.19. The summed E-state index contributed by atoms with van der Waals surface area (Å²) in [5, 5.41) is 22.9. The summed E-state index contributed by atoms with van der Waals surface area (Å²) in [6, 6.07) is 12.1. The van der Waals surface area contributed by atoms with Gasteiger partial charge in [0.1, 0.15) is 0 Å². The summed E-state index contributed by atoms with van der Waals surface area (Å²) < 4.78 is 0. The Morgan fingerprint density at radius 3 is 1.46 bits per heavy atom. The van der Waals surface area contributed by atoms with Gasteiger partial charge in [0.05, 0.1) is 17.2 Å². The molecular weight excluding hydrogens is 522 g/mol. The number of hydrogen-bond acceptors (Lipinski definition) is 6. The molecule has 0 aromatic carbocycles. The number of halogens is 1. The molecule has 35 heavy (non-hydrogen) atoms. The zero-order chi connectivity index (χ0) is 27.1. The average molecular weight is 560 g/mol. The molecule has 5 nitrogen and oxygen atoms in total. The zero-order valence-electron chi connectivity index (χ0n) is 21.3. The normalized spacial score (nSPS) is 10.8. The molecule has 0 spiro atoms. The van der Waals surface area contributed by atoms with Crippen LogP contribution in [-0.4, -0.2) is 27.7 Å². The van der Waals surface area contributed by atoms with Crippen LogP contribution < -0.4 is 5.73 Å². The third kappa shape index (κ3) is 17.4. The van der Waals surface area contributed by atoms with Crippen molar-refractivity contribution in [2.45, 2.75) is 65.8 Å². The fraction of sp³-hybridized carbons (Fsp3) is 0.462. The second-order valence-electron chi connectivity index (χ2n) is 9.40. The highest BCUT2D eigenvalue weighted by Crippen LogP contribution is 2.24. The fourth-order valence-electron chi connectivity index (χ4n) is 2.18. The smallest absolute Gasteiger partial charge is 0.309 e. The molecule has 0 atom stereocenters. The van der Waals surface area contributed by atoms with Crippen molar-refractivity contribution in [2.75, 3.05) is 0 Å². The molecule has 3 heterocycles. The lowest BCUT2D eigenvalue weighted by molar-refractivity contribution is -0.146. The molecule has 0 aliphatic rings. The van der Waals surface area contributed by atoms with Gasteiger partial charge in [-0.15, -0.1) is 45.6 Å². The molecule has 3 aromatic heterocycles. The fourth-order valence-corrected chi connectivity index (χ4v) is 4.88. The van der Waals surface area contributed by atoms with Crippen molar-refractivity contribution >= 4 is 57.5 Å². The summed E-state index contributed by atoms with van der Waals surface area (Å²) in [5.74, 6) is -1.06. The van der Waals surface area contributed by atoms with Crippen molar-refractivity contribution in [3.05, 3.63) is 67.2 Å². The molecule has 0 aliphatic heterocycles. The maximum atomic E-state index is 10.8. The number of aliphatic carboxylic acids is 2. The summed E-state index contributed by atoms with van der Waals surface area (Å²) in [5.41, 5.74) is 5.12. The van der Waals surface area contributed by atoms with Crippen molar-refractivity contribution < 1.29 is 19.8 Å². The van der Waals surface area contributed by atoms with E-state index in [1.165, 1.54) is 9.75 Å². The number of carboxylic acids is 2. The Morgan fingerprint density at radius 1 is 0.857 bits per heavy atom. The van der Waals surface area contributed by atoms with Crippen LogP contribution in [-0.2, 0) is 28.3 Å². The molecule has 0 saturated carbocycles. The summed E-state index contributed by atoms with van der Waals surface area (Å²) in [4.78, 5) is 24.2. The molecular formula is C26H38ClNO4S3. The molecule has 0 aliphatic carbocycles. The summed E-state index contributed by atoms with van der Waals surface area (Å²) in [6.07, 6.45) is 1.59. The minimum atomic E-state index is -0.741. The Hall–Kier alpha value is -1.71. The van der Waals surface area contributed by atoms with Crippen LogP contribution in [0.25, 0.3) is 0 Å². The van der Waals surface area contributed by atoms with E-state index < -0.39 is 17.4 Å². The highest BCUT2D eigenvalue weighted by Gasteiger charge is 2.27. The molecule has 0 unspecified atom stereocenters.